The third-order valence-corrected chi connectivity index (χ3v) is 14.1. The van der Waals surface area contributed by atoms with Crippen molar-refractivity contribution in [2.45, 2.75) is 166 Å². The van der Waals surface area contributed by atoms with Gasteiger partial charge in [-0.1, -0.05) is 166 Å². The first kappa shape index (κ1) is 51.8. The minimum absolute atomic E-state index is 0.0458. The Morgan fingerprint density at radius 2 is 0.385 bits per heavy atom. The molecule has 5 rings (SSSR count). The van der Waals surface area contributed by atoms with Gasteiger partial charge in [-0.25, -0.2) is 0 Å². The molecule has 0 amide bonds. The Morgan fingerprint density at radius 1 is 0.246 bits per heavy atom. The second kappa shape index (κ2) is 16.2. The van der Waals surface area contributed by atoms with E-state index in [0.29, 0.717) is 0 Å². The largest absolute Gasteiger partial charge is 0.289 e. The molecule has 0 bridgehead atoms. The normalized spacial score (nSPS) is 19.2. The number of thiophene rings is 1. The first-order chi connectivity index (χ1) is 29.0. The van der Waals surface area contributed by atoms with Crippen molar-refractivity contribution in [2.24, 2.45) is 43.3 Å². The molecule has 1 aromatic heterocycles. The predicted molar refractivity (Wildman–Crippen MR) is 277 cm³/mol. The van der Waals surface area contributed by atoms with Crippen molar-refractivity contribution < 1.29 is 19.2 Å². The average Bonchev–Trinajstić information content (AvgIpc) is 3.48. The van der Waals surface area contributed by atoms with Crippen LogP contribution in [0.5, 0.6) is 0 Å². The first-order valence-corrected chi connectivity index (χ1v) is 24.4. The van der Waals surface area contributed by atoms with Gasteiger partial charge in [0, 0.05) is 64.1 Å². The Morgan fingerprint density at radius 3 is 0.523 bits per heavy atom. The molecule has 4 nitrogen and oxygen atoms in total. The summed E-state index contributed by atoms with van der Waals surface area (Å²) in [5.41, 5.74) is 5.77. The molecule has 0 unspecified atom stereocenters. The second-order valence-electron chi connectivity index (χ2n) is 27.1. The summed E-state index contributed by atoms with van der Waals surface area (Å²) >= 11 is 1.67. The fourth-order valence-electron chi connectivity index (χ4n) is 8.91. The molecule has 4 aliphatic rings. The van der Waals surface area contributed by atoms with E-state index in [9.17, 15) is 19.2 Å². The molecule has 0 aromatic carbocycles. The molecule has 0 spiro atoms. The van der Waals surface area contributed by atoms with E-state index in [0.717, 1.165) is 86.4 Å². The maximum atomic E-state index is 14.7. The minimum Gasteiger partial charge on any atom is -0.289 e. The Bertz CT molecular complexity index is 2490. The molecule has 0 atom stereocenters. The van der Waals surface area contributed by atoms with Crippen molar-refractivity contribution >= 4 is 56.8 Å². The summed E-state index contributed by atoms with van der Waals surface area (Å²) in [7, 11) is 0. The summed E-state index contributed by atoms with van der Waals surface area (Å²) in [5.74, 6) is 0.202. The van der Waals surface area contributed by atoms with Crippen LogP contribution in [-0.4, -0.2) is 23.1 Å². The molecular formula is C60H80O4S. The van der Waals surface area contributed by atoms with Gasteiger partial charge in [0.05, 0.1) is 0 Å². The zero-order valence-corrected chi connectivity index (χ0v) is 45.5. The highest BCUT2D eigenvalue weighted by atomic mass is 32.1. The Hall–Kier alpha value is -4.22. The number of hydrogen-bond donors (Lipinski definition) is 0. The summed E-state index contributed by atoms with van der Waals surface area (Å²) in [4.78, 5) is 58.5. The van der Waals surface area contributed by atoms with Crippen LogP contribution in [0.1, 0.15) is 166 Å². The molecule has 0 radical (unpaired) electrons. The van der Waals surface area contributed by atoms with E-state index in [1.165, 1.54) is 0 Å². The summed E-state index contributed by atoms with van der Waals surface area (Å²) in [6, 6.07) is 0. The van der Waals surface area contributed by atoms with Crippen molar-refractivity contribution in [3.63, 3.8) is 0 Å². The number of carbonyl (C=O) groups is 4. The minimum atomic E-state index is -0.481. The molecule has 5 heteroatoms. The molecule has 1 heterocycles. The summed E-state index contributed by atoms with van der Waals surface area (Å²) < 4.78 is 1.93. The van der Waals surface area contributed by atoms with Gasteiger partial charge in [-0.2, -0.15) is 0 Å². The standard InChI is InChI=1S/C60H80O4S/c1-53(2,3)37-25-33(26-38(47(37)61)54(4,5)6)45-46(34-27-39(55(7,8)9)48(62)40(28-34)56(10,11)12)52(36-31-43(59(19,20)21)50(64)44(32-36)60(22,23)24)65-51(45)35-29-41(57(13,14)15)49(63)42(30-35)58(16,17)18/h25-32H,1-24H3. The zero-order chi connectivity index (χ0) is 49.9. The number of ketones is 4. The van der Waals surface area contributed by atoms with E-state index < -0.39 is 43.3 Å². The quantitative estimate of drug-likeness (QED) is 0.260. The molecule has 0 aliphatic heterocycles. The van der Waals surface area contributed by atoms with E-state index >= 15 is 0 Å². The SMILES string of the molecule is CC(C)(C)C1=CC(=c2sc(=C3C=C(C(C)(C)C)C(=O)C(C(C)(C)C)=C3)c(=C3C=C(C(C)(C)C)C(=O)C(C(C)(C)C)=C3)c2=C2C=C(C(C)(C)C)C(=O)C(C(C)(C)C)=C2)C=C(C(C)(C)C)C1=O. The molecule has 0 saturated heterocycles. The van der Waals surface area contributed by atoms with Gasteiger partial charge in [-0.15, -0.1) is 11.3 Å². The van der Waals surface area contributed by atoms with Gasteiger partial charge < -0.3 is 0 Å². The van der Waals surface area contributed by atoms with Crippen LogP contribution in [0.3, 0.4) is 0 Å². The van der Waals surface area contributed by atoms with Gasteiger partial charge >= 0.3 is 0 Å². The lowest BCUT2D eigenvalue weighted by atomic mass is 9.70. The molecule has 4 aliphatic carbocycles. The topological polar surface area (TPSA) is 68.3 Å². The number of carbonyl (C=O) groups excluding carboxylic acids is 4. The van der Waals surface area contributed by atoms with Crippen LogP contribution in [0.15, 0.2) is 93.2 Å². The Kier molecular flexibility index (Phi) is 12.9. The number of hydrogen-bond acceptors (Lipinski definition) is 5. The van der Waals surface area contributed by atoms with Crippen LogP contribution in [0.2, 0.25) is 0 Å². The van der Waals surface area contributed by atoms with Gasteiger partial charge in [0.1, 0.15) is 0 Å². The third kappa shape index (κ3) is 10.2. The highest BCUT2D eigenvalue weighted by Crippen LogP contribution is 2.43. The lowest BCUT2D eigenvalue weighted by Gasteiger charge is -2.32. The predicted octanol–water partition coefficient (Wildman–Crippen LogP) is 12.5. The molecule has 65 heavy (non-hydrogen) atoms. The van der Waals surface area contributed by atoms with Crippen LogP contribution in [0.4, 0.5) is 0 Å². The number of rotatable bonds is 0. The molecule has 0 N–H and O–H groups in total. The average molecular weight is 897 g/mol. The van der Waals surface area contributed by atoms with Crippen LogP contribution in [0, 0.1) is 43.3 Å². The zero-order valence-electron chi connectivity index (χ0n) is 44.7. The third-order valence-electron chi connectivity index (χ3n) is 12.8. The summed E-state index contributed by atoms with van der Waals surface area (Å²) in [6.07, 6.45) is 16.8. The van der Waals surface area contributed by atoms with Crippen molar-refractivity contribution in [3.05, 3.63) is 113 Å². The lowest BCUT2D eigenvalue weighted by molar-refractivity contribution is -0.114. The second-order valence-corrected chi connectivity index (χ2v) is 28.1. The van der Waals surface area contributed by atoms with Gasteiger partial charge in [0.25, 0.3) is 0 Å². The van der Waals surface area contributed by atoms with Crippen LogP contribution in [-0.2, 0) is 19.2 Å². The van der Waals surface area contributed by atoms with Gasteiger partial charge in [0.15, 0.2) is 23.1 Å². The van der Waals surface area contributed by atoms with Crippen LogP contribution >= 0.6 is 11.3 Å². The lowest BCUT2D eigenvalue weighted by Crippen LogP contribution is -2.44. The highest BCUT2D eigenvalue weighted by molar-refractivity contribution is 7.08. The van der Waals surface area contributed by atoms with E-state index in [1.807, 2.05) is 0 Å². The smallest absolute Gasteiger partial charge is 0.186 e. The van der Waals surface area contributed by atoms with Crippen molar-refractivity contribution in [1.29, 1.82) is 0 Å². The molecule has 0 saturated carbocycles. The molecule has 0 fully saturated rings. The van der Waals surface area contributed by atoms with E-state index in [1.54, 1.807) is 11.3 Å². The van der Waals surface area contributed by atoms with E-state index in [4.69, 9.17) is 0 Å². The van der Waals surface area contributed by atoms with Crippen LogP contribution in [0.25, 0.3) is 22.3 Å². The first-order valence-electron chi connectivity index (χ1n) is 23.6. The number of allylic oxidation sites excluding steroid dienone is 16. The monoisotopic (exact) mass is 897 g/mol. The van der Waals surface area contributed by atoms with Gasteiger partial charge in [-0.3, -0.25) is 19.2 Å². The van der Waals surface area contributed by atoms with Gasteiger partial charge in [-0.05, 0) is 114 Å². The van der Waals surface area contributed by atoms with Crippen molar-refractivity contribution in [1.82, 2.24) is 0 Å². The Labute approximate surface area is 396 Å². The molecule has 350 valence electrons. The highest BCUT2D eigenvalue weighted by Gasteiger charge is 2.39. The maximum absolute atomic E-state index is 14.7. The van der Waals surface area contributed by atoms with Crippen molar-refractivity contribution in [2.75, 3.05) is 0 Å². The molecular weight excluding hydrogens is 817 g/mol. The summed E-state index contributed by atoms with van der Waals surface area (Å²) in [6.45, 7) is 50.4. The number of Topliss-reactive ketones (excluding diaryl/α,β-unsaturated/α-hetero) is 4. The Balaban J connectivity index is 2.46. The summed E-state index contributed by atoms with van der Waals surface area (Å²) in [5, 5.41) is 1.89. The maximum Gasteiger partial charge on any atom is 0.186 e. The fraction of sp³-hybridized carbons (Fsp3) is 0.533. The van der Waals surface area contributed by atoms with Crippen molar-refractivity contribution in [3.8, 4) is 0 Å². The van der Waals surface area contributed by atoms with Crippen LogP contribution < -0.4 is 19.5 Å². The fourth-order valence-corrected chi connectivity index (χ4v) is 10.2. The van der Waals surface area contributed by atoms with Gasteiger partial charge in [0.2, 0.25) is 0 Å². The molecule has 1 aromatic rings. The van der Waals surface area contributed by atoms with E-state index in [-0.39, 0.29) is 23.1 Å². The van der Waals surface area contributed by atoms with E-state index in [2.05, 4.69) is 215 Å².